The molecular weight excluding hydrogens is 356 g/mol. The van der Waals surface area contributed by atoms with Gasteiger partial charge in [-0.3, -0.25) is 15.0 Å². The van der Waals surface area contributed by atoms with E-state index in [1.54, 1.807) is 24.3 Å². The third kappa shape index (κ3) is 3.29. The van der Waals surface area contributed by atoms with Crippen LogP contribution in [-0.2, 0) is 4.79 Å². The monoisotopic (exact) mass is 372 g/mol. The Bertz CT molecular complexity index is 1160. The lowest BCUT2D eigenvalue weighted by molar-refractivity contribution is -0.585. The first-order valence-corrected chi connectivity index (χ1v) is 7.79. The fourth-order valence-corrected chi connectivity index (χ4v) is 2.53. The number of nitrogens with one attached hydrogen (secondary N) is 2. The van der Waals surface area contributed by atoms with Crippen molar-refractivity contribution in [2.45, 2.75) is 13.8 Å². The molecule has 2 heterocycles. The molecule has 2 N–H and O–H groups in total. The molecule has 0 bridgehead atoms. The summed E-state index contributed by atoms with van der Waals surface area (Å²) >= 11 is 0. The van der Waals surface area contributed by atoms with Crippen LogP contribution in [-0.4, -0.2) is 33.6 Å². The van der Waals surface area contributed by atoms with Crippen molar-refractivity contribution in [1.29, 1.82) is 0 Å². The van der Waals surface area contributed by atoms with Crippen LogP contribution in [0.1, 0.15) is 13.8 Å². The van der Waals surface area contributed by atoms with Crippen LogP contribution >= 0.6 is 0 Å². The van der Waals surface area contributed by atoms with E-state index in [4.69, 9.17) is 4.74 Å². The number of hydrogen-bond donors (Lipinski definition) is 2. The summed E-state index contributed by atoms with van der Waals surface area (Å²) in [6, 6.07) is 6.75. The third-order valence-corrected chi connectivity index (χ3v) is 3.63. The highest BCUT2D eigenvalue weighted by molar-refractivity contribution is 5.82. The highest BCUT2D eigenvalue weighted by Gasteiger charge is 2.24. The summed E-state index contributed by atoms with van der Waals surface area (Å²) in [5.74, 6) is -0.511. The van der Waals surface area contributed by atoms with Gasteiger partial charge in [0.1, 0.15) is 17.6 Å². The predicted molar refractivity (Wildman–Crippen MR) is 93.0 cm³/mol. The van der Waals surface area contributed by atoms with Gasteiger partial charge in [0.05, 0.1) is 7.11 Å². The van der Waals surface area contributed by atoms with Crippen LogP contribution in [0.3, 0.4) is 0 Å². The zero-order chi connectivity index (χ0) is 19.7. The van der Waals surface area contributed by atoms with Crippen molar-refractivity contribution in [3.63, 3.8) is 0 Å². The molecule has 0 radical (unpaired) electrons. The topological polar surface area (TPSA) is 138 Å². The summed E-state index contributed by atoms with van der Waals surface area (Å²) < 4.78 is 7.22. The number of carbonyl (C=O) groups is 1. The summed E-state index contributed by atoms with van der Waals surface area (Å²) in [7, 11) is 1.52. The summed E-state index contributed by atoms with van der Waals surface area (Å²) in [5, 5.41) is 17.2. The molecule has 0 aliphatic rings. The maximum absolute atomic E-state index is 12.8. The van der Waals surface area contributed by atoms with Crippen LogP contribution < -0.4 is 30.9 Å². The third-order valence-electron chi connectivity index (χ3n) is 3.63. The number of nitrogens with zero attached hydrogens (tertiary/aromatic N) is 4. The van der Waals surface area contributed by atoms with E-state index in [2.05, 4.69) is 15.7 Å². The van der Waals surface area contributed by atoms with Crippen molar-refractivity contribution in [3.8, 4) is 17.0 Å². The van der Waals surface area contributed by atoms with Crippen LogP contribution in [0.2, 0.25) is 0 Å². The molecule has 0 aliphatic carbocycles. The standard InChI is InChI=1S/C16H16N6O5/c1-9(23)17-21-13(11-4-6-12(27-3)7-5-11)8-20-14(15(21)25)16(26)22(19-20)18-10(2)24/h4-8H,1-3H3,(H2-,17,18,19,23,24,25,26). The molecule has 0 aliphatic heterocycles. The van der Waals surface area contributed by atoms with Crippen molar-refractivity contribution < 1.29 is 19.2 Å². The summed E-state index contributed by atoms with van der Waals surface area (Å²) in [6.07, 6.45) is 1.43. The molecule has 11 nitrogen and oxygen atoms in total. The average Bonchev–Trinajstić information content (AvgIpc) is 2.92. The molecule has 1 amide bonds. The number of H-pyrrole nitrogens is 1. The lowest BCUT2D eigenvalue weighted by Crippen LogP contribution is -2.42. The van der Waals surface area contributed by atoms with Gasteiger partial charge in [-0.05, 0) is 31.2 Å². The zero-order valence-electron chi connectivity index (χ0n) is 14.7. The van der Waals surface area contributed by atoms with Gasteiger partial charge in [-0.1, -0.05) is 10.3 Å². The Morgan fingerprint density at radius 3 is 2.44 bits per heavy atom. The van der Waals surface area contributed by atoms with Crippen molar-refractivity contribution in [1.82, 2.24) is 14.7 Å². The quantitative estimate of drug-likeness (QED) is 0.322. The minimum atomic E-state index is -0.824. The Labute approximate surface area is 151 Å². The summed E-state index contributed by atoms with van der Waals surface area (Å²) in [5.41, 5.74) is 1.36. The second-order valence-corrected chi connectivity index (χ2v) is 5.61. The molecule has 3 rings (SSSR count). The molecule has 2 aromatic heterocycles. The lowest BCUT2D eigenvalue weighted by Gasteiger charge is -2.11. The Balaban J connectivity index is 2.34. The predicted octanol–water partition coefficient (Wildman–Crippen LogP) is -1.62. The molecule has 27 heavy (non-hydrogen) atoms. The van der Waals surface area contributed by atoms with Crippen molar-refractivity contribution >= 4 is 17.3 Å². The van der Waals surface area contributed by atoms with Gasteiger partial charge in [-0.25, -0.2) is 9.47 Å². The first-order valence-electron chi connectivity index (χ1n) is 7.79. The number of amides is 1. The smallest absolute Gasteiger partial charge is 0.432 e. The minimum absolute atomic E-state index is 0.298. The number of fused-ring (bicyclic) bond motifs is 1. The van der Waals surface area contributed by atoms with Crippen molar-refractivity contribution in [2.75, 3.05) is 12.5 Å². The van der Waals surface area contributed by atoms with E-state index in [1.165, 1.54) is 27.2 Å². The Kier molecular flexibility index (Phi) is 4.50. The number of hydrogen-bond acceptors (Lipinski definition) is 6. The van der Waals surface area contributed by atoms with E-state index in [0.717, 1.165) is 9.19 Å². The first-order chi connectivity index (χ1) is 12.8. The number of carbonyl (C=O) groups excluding carboxylic acids is 1. The normalized spacial score (nSPS) is 11.6. The minimum Gasteiger partial charge on any atom is -0.859 e. The van der Waals surface area contributed by atoms with Gasteiger partial charge in [-0.15, -0.1) is 4.52 Å². The molecule has 0 saturated carbocycles. The molecule has 3 aromatic rings. The van der Waals surface area contributed by atoms with E-state index >= 15 is 0 Å². The van der Waals surface area contributed by atoms with Gasteiger partial charge < -0.3 is 9.84 Å². The van der Waals surface area contributed by atoms with E-state index in [-0.39, 0.29) is 5.52 Å². The van der Waals surface area contributed by atoms with E-state index in [0.29, 0.717) is 21.8 Å². The molecule has 0 atom stereocenters. The van der Waals surface area contributed by atoms with Crippen LogP contribution in [0, 0.1) is 0 Å². The summed E-state index contributed by atoms with van der Waals surface area (Å²) in [4.78, 5) is 37.5. The number of aromatic amines is 1. The van der Waals surface area contributed by atoms with Gasteiger partial charge in [0, 0.05) is 23.2 Å². The first kappa shape index (κ1) is 17.9. The Morgan fingerprint density at radius 2 is 1.89 bits per heavy atom. The maximum atomic E-state index is 12.8. The molecule has 1 aromatic carbocycles. The average molecular weight is 372 g/mol. The lowest BCUT2D eigenvalue weighted by atomic mass is 10.1. The second-order valence-electron chi connectivity index (χ2n) is 5.61. The maximum Gasteiger partial charge on any atom is 0.432 e. The molecule has 0 spiro atoms. The molecule has 11 heteroatoms. The second kappa shape index (κ2) is 6.78. The van der Waals surface area contributed by atoms with E-state index in [9.17, 15) is 19.5 Å². The fourth-order valence-electron chi connectivity index (χ4n) is 2.53. The van der Waals surface area contributed by atoms with Crippen LogP contribution in [0.4, 0.5) is 0 Å². The number of aromatic nitrogens is 4. The molecular formula is C16H16N6O5. The molecule has 0 unspecified atom stereocenters. The Morgan fingerprint density at radius 1 is 1.22 bits per heavy atom. The molecule has 140 valence electrons. The van der Waals surface area contributed by atoms with Gasteiger partial charge in [0.2, 0.25) is 5.91 Å². The number of benzene rings is 1. The van der Waals surface area contributed by atoms with Gasteiger partial charge in [0.25, 0.3) is 0 Å². The van der Waals surface area contributed by atoms with Crippen LogP contribution in [0.15, 0.2) is 45.2 Å². The van der Waals surface area contributed by atoms with Crippen molar-refractivity contribution in [3.05, 3.63) is 51.2 Å². The summed E-state index contributed by atoms with van der Waals surface area (Å²) in [6.45, 7) is 2.41. The van der Waals surface area contributed by atoms with Gasteiger partial charge >= 0.3 is 16.6 Å². The van der Waals surface area contributed by atoms with Gasteiger partial charge in [0.15, 0.2) is 0 Å². The van der Waals surface area contributed by atoms with Gasteiger partial charge in [-0.2, -0.15) is 0 Å². The highest BCUT2D eigenvalue weighted by Crippen LogP contribution is 2.20. The zero-order valence-corrected chi connectivity index (χ0v) is 14.7. The van der Waals surface area contributed by atoms with E-state index in [1.807, 2.05) is 0 Å². The Hall–Kier alpha value is -3.89. The van der Waals surface area contributed by atoms with Crippen molar-refractivity contribution in [2.24, 2.45) is 5.10 Å². The van der Waals surface area contributed by atoms with Crippen LogP contribution in [0.5, 0.6) is 5.75 Å². The van der Waals surface area contributed by atoms with E-state index < -0.39 is 22.9 Å². The largest absolute Gasteiger partial charge is 0.859 e. The number of methoxy groups -OCH3 is 1. The SMILES string of the molecule is COc1ccc(-c2c[n+]3[nH]n(/N=C(/C)[O-])c(=O)c3c(=O)n2NC(C)=O)cc1. The van der Waals surface area contributed by atoms with Crippen LogP contribution in [0.25, 0.3) is 16.8 Å². The number of ether oxygens (including phenoxy) is 1. The fraction of sp³-hybridized carbons (Fsp3) is 0.188. The number of rotatable bonds is 4. The molecule has 0 saturated heterocycles. The highest BCUT2D eigenvalue weighted by atomic mass is 16.5. The molecule has 0 fully saturated rings.